The molecule has 0 atom stereocenters. The first kappa shape index (κ1) is 20.4. The molecule has 0 spiro atoms. The van der Waals surface area contributed by atoms with Gasteiger partial charge in [-0.05, 0) is 35.4 Å². The highest BCUT2D eigenvalue weighted by molar-refractivity contribution is 7.11. The Hall–Kier alpha value is -3.91. The number of para-hydroxylation sites is 1. The maximum Gasteiger partial charge on any atom is 0.266 e. The molecule has 0 aliphatic heterocycles. The molecule has 4 aromatic rings. The van der Waals surface area contributed by atoms with Crippen LogP contribution in [0.15, 0.2) is 95.2 Å². The van der Waals surface area contributed by atoms with Crippen LogP contribution in [0.3, 0.4) is 0 Å². The monoisotopic (exact) mass is 429 g/mol. The number of hydrogen-bond acceptors (Lipinski definition) is 6. The van der Waals surface area contributed by atoms with E-state index in [2.05, 4.69) is 20.3 Å². The zero-order valence-electron chi connectivity index (χ0n) is 16.5. The van der Waals surface area contributed by atoms with Crippen LogP contribution in [0.5, 0.6) is 0 Å². The highest BCUT2D eigenvalue weighted by atomic mass is 32.1. The summed E-state index contributed by atoms with van der Waals surface area (Å²) in [6.45, 7) is 0.663. The van der Waals surface area contributed by atoms with E-state index in [4.69, 9.17) is 0 Å². The van der Waals surface area contributed by atoms with E-state index >= 15 is 0 Å². The summed E-state index contributed by atoms with van der Waals surface area (Å²) >= 11 is 1.17. The zero-order valence-corrected chi connectivity index (χ0v) is 17.3. The third-order valence-electron chi connectivity index (χ3n) is 4.39. The fourth-order valence-corrected chi connectivity index (χ4v) is 3.78. The quantitative estimate of drug-likeness (QED) is 0.510. The van der Waals surface area contributed by atoms with Gasteiger partial charge in [0.15, 0.2) is 4.80 Å². The third kappa shape index (κ3) is 5.37. The van der Waals surface area contributed by atoms with E-state index in [1.807, 2.05) is 42.5 Å². The number of anilines is 1. The highest BCUT2D eigenvalue weighted by Gasteiger charge is 2.12. The van der Waals surface area contributed by atoms with E-state index in [9.17, 15) is 9.59 Å². The fourth-order valence-electron chi connectivity index (χ4n) is 2.88. The number of carbonyl (C=O) groups excluding carboxylic acids is 1. The standard InChI is InChI=1S/C23H19N5O2S/c29-21-12-20(22(30)27-19-8-2-1-3-9-19)31-23(26-15-17-6-4-10-24-13-17)28(21)16-18-7-5-11-25-14-18/h1-14H,15-16H2,(H,27,30). The number of hydrogen-bond donors (Lipinski definition) is 1. The van der Waals surface area contributed by atoms with Gasteiger partial charge in [0, 0.05) is 36.5 Å². The minimum Gasteiger partial charge on any atom is -0.321 e. The number of amides is 1. The van der Waals surface area contributed by atoms with Gasteiger partial charge in [-0.2, -0.15) is 0 Å². The molecule has 1 N–H and O–H groups in total. The van der Waals surface area contributed by atoms with Gasteiger partial charge in [-0.15, -0.1) is 0 Å². The predicted octanol–water partition coefficient (Wildman–Crippen LogP) is 3.10. The maximum absolute atomic E-state index is 12.9. The maximum atomic E-state index is 12.9. The smallest absolute Gasteiger partial charge is 0.266 e. The topological polar surface area (TPSA) is 89.2 Å². The Labute approximate surface area is 182 Å². The lowest BCUT2D eigenvalue weighted by Gasteiger charge is -2.09. The number of pyridine rings is 2. The normalized spacial score (nSPS) is 11.3. The molecular weight excluding hydrogens is 410 g/mol. The van der Waals surface area contributed by atoms with E-state index in [0.717, 1.165) is 11.1 Å². The molecule has 31 heavy (non-hydrogen) atoms. The first-order valence-corrected chi connectivity index (χ1v) is 10.4. The predicted molar refractivity (Wildman–Crippen MR) is 120 cm³/mol. The summed E-state index contributed by atoms with van der Waals surface area (Å²) < 4.78 is 1.55. The molecule has 0 radical (unpaired) electrons. The summed E-state index contributed by atoms with van der Waals surface area (Å²) in [6, 6.07) is 17.9. The Balaban J connectivity index is 1.72. The summed E-state index contributed by atoms with van der Waals surface area (Å²) in [5.41, 5.74) is 2.14. The molecule has 0 fully saturated rings. The van der Waals surface area contributed by atoms with Gasteiger partial charge in [0.25, 0.3) is 11.5 Å². The van der Waals surface area contributed by atoms with Crippen molar-refractivity contribution in [1.29, 1.82) is 0 Å². The van der Waals surface area contributed by atoms with Crippen LogP contribution in [-0.2, 0) is 13.1 Å². The molecule has 0 saturated heterocycles. The molecule has 0 aliphatic carbocycles. The molecule has 0 saturated carbocycles. The molecule has 0 unspecified atom stereocenters. The Morgan fingerprint density at radius 2 is 1.68 bits per heavy atom. The van der Waals surface area contributed by atoms with Crippen LogP contribution in [0.1, 0.15) is 20.8 Å². The molecule has 0 bridgehead atoms. The van der Waals surface area contributed by atoms with Gasteiger partial charge < -0.3 is 5.32 Å². The minimum atomic E-state index is -0.348. The lowest BCUT2D eigenvalue weighted by Crippen LogP contribution is -2.33. The Morgan fingerprint density at radius 1 is 0.968 bits per heavy atom. The fraction of sp³-hybridized carbons (Fsp3) is 0.0870. The summed E-state index contributed by atoms with van der Waals surface area (Å²) in [7, 11) is 0. The number of nitrogens with zero attached hydrogens (tertiary/aromatic N) is 4. The van der Waals surface area contributed by atoms with E-state index in [0.29, 0.717) is 28.5 Å². The van der Waals surface area contributed by atoms with Crippen molar-refractivity contribution in [3.8, 4) is 0 Å². The van der Waals surface area contributed by atoms with Gasteiger partial charge in [-0.1, -0.05) is 41.7 Å². The summed E-state index contributed by atoms with van der Waals surface area (Å²) in [6.07, 6.45) is 6.81. The minimum absolute atomic E-state index is 0.293. The number of carbonyl (C=O) groups is 1. The van der Waals surface area contributed by atoms with E-state index in [1.54, 1.807) is 41.5 Å². The molecule has 7 nitrogen and oxygen atoms in total. The first-order valence-electron chi connectivity index (χ1n) is 9.59. The van der Waals surface area contributed by atoms with Crippen LogP contribution in [-0.4, -0.2) is 20.4 Å². The lowest BCUT2D eigenvalue weighted by molar-refractivity contribution is 0.103. The summed E-state index contributed by atoms with van der Waals surface area (Å²) in [5, 5.41) is 2.82. The lowest BCUT2D eigenvalue weighted by atomic mass is 10.3. The van der Waals surface area contributed by atoms with Gasteiger partial charge in [-0.3, -0.25) is 29.1 Å². The van der Waals surface area contributed by atoms with Gasteiger partial charge in [-0.25, -0.2) is 0 Å². The van der Waals surface area contributed by atoms with Crippen LogP contribution < -0.4 is 15.7 Å². The van der Waals surface area contributed by atoms with Crippen molar-refractivity contribution in [3.05, 3.63) is 117 Å². The largest absolute Gasteiger partial charge is 0.321 e. The molecule has 154 valence electrons. The Morgan fingerprint density at radius 3 is 2.35 bits per heavy atom. The van der Waals surface area contributed by atoms with Crippen molar-refractivity contribution < 1.29 is 4.79 Å². The first-order chi connectivity index (χ1) is 15.2. The van der Waals surface area contributed by atoms with Crippen LogP contribution in [0, 0.1) is 0 Å². The van der Waals surface area contributed by atoms with Gasteiger partial charge >= 0.3 is 0 Å². The van der Waals surface area contributed by atoms with Gasteiger partial charge in [0.05, 0.1) is 13.1 Å². The molecule has 3 aromatic heterocycles. The van der Waals surface area contributed by atoms with E-state index < -0.39 is 0 Å². The number of rotatable bonds is 6. The van der Waals surface area contributed by atoms with Gasteiger partial charge in [0.1, 0.15) is 4.88 Å². The molecule has 4 rings (SSSR count). The number of aromatic nitrogens is 3. The zero-order chi connectivity index (χ0) is 21.5. The van der Waals surface area contributed by atoms with Crippen LogP contribution in [0.2, 0.25) is 0 Å². The summed E-state index contributed by atoms with van der Waals surface area (Å²) in [4.78, 5) is 39.3. The second kappa shape index (κ2) is 9.73. The molecule has 1 amide bonds. The van der Waals surface area contributed by atoms with Crippen molar-refractivity contribution in [2.24, 2.45) is 4.99 Å². The Kier molecular flexibility index (Phi) is 6.39. The van der Waals surface area contributed by atoms with Crippen molar-refractivity contribution in [2.45, 2.75) is 13.1 Å². The van der Waals surface area contributed by atoms with Gasteiger partial charge in [0.2, 0.25) is 0 Å². The molecular formula is C23H19N5O2S. The second-order valence-electron chi connectivity index (χ2n) is 6.68. The van der Waals surface area contributed by atoms with Crippen molar-refractivity contribution >= 4 is 22.9 Å². The van der Waals surface area contributed by atoms with Crippen LogP contribution in [0.4, 0.5) is 5.69 Å². The van der Waals surface area contributed by atoms with Crippen molar-refractivity contribution in [2.75, 3.05) is 5.32 Å². The number of benzene rings is 1. The summed E-state index contributed by atoms with van der Waals surface area (Å²) in [5.74, 6) is -0.348. The SMILES string of the molecule is O=C(Nc1ccccc1)c1cc(=O)n(Cc2cccnc2)c(=NCc2cccnc2)s1. The molecule has 1 aromatic carbocycles. The van der Waals surface area contributed by atoms with E-state index in [-0.39, 0.29) is 11.5 Å². The average Bonchev–Trinajstić information content (AvgIpc) is 2.81. The van der Waals surface area contributed by atoms with E-state index in [1.165, 1.54) is 17.4 Å². The third-order valence-corrected chi connectivity index (χ3v) is 5.45. The van der Waals surface area contributed by atoms with Crippen LogP contribution in [0.25, 0.3) is 0 Å². The highest BCUT2D eigenvalue weighted by Crippen LogP contribution is 2.10. The molecule has 3 heterocycles. The second-order valence-corrected chi connectivity index (χ2v) is 7.69. The number of nitrogens with one attached hydrogen (secondary N) is 1. The van der Waals surface area contributed by atoms with Crippen molar-refractivity contribution in [3.63, 3.8) is 0 Å². The molecule has 0 aliphatic rings. The van der Waals surface area contributed by atoms with Crippen molar-refractivity contribution in [1.82, 2.24) is 14.5 Å². The van der Waals surface area contributed by atoms with Crippen LogP contribution >= 0.6 is 11.3 Å². The average molecular weight is 430 g/mol. The Bertz CT molecular complexity index is 1290. The molecule has 8 heteroatoms.